The minimum atomic E-state index is -0.147. The minimum Gasteiger partial charge on any atom is -0.405 e. The molecule has 1 aromatic carbocycles. The molecule has 0 bridgehead atoms. The summed E-state index contributed by atoms with van der Waals surface area (Å²) in [6, 6.07) is 10.2. The van der Waals surface area contributed by atoms with E-state index in [1.807, 2.05) is 18.2 Å². The first kappa shape index (κ1) is 14.6. The van der Waals surface area contributed by atoms with Crippen molar-refractivity contribution in [3.8, 4) is 0 Å². The normalized spacial score (nSPS) is 19.0. The molecular weight excluding hydrogens is 235 g/mol. The fourth-order valence-electron chi connectivity index (χ4n) is 2.54. The standard InChI is InChI=1S/C16H25BO2/c1-2-3-4-5-6-10-13-16-14-18-17(19-16)15-11-8-7-9-12-15/h7-9,11-12,16H,2-6,10,13-14H2,1H3/t16-/m1/s1. The molecule has 1 fully saturated rings. The summed E-state index contributed by atoms with van der Waals surface area (Å²) in [6.45, 7) is 3.00. The molecule has 104 valence electrons. The Morgan fingerprint density at radius 2 is 1.79 bits per heavy atom. The van der Waals surface area contributed by atoms with E-state index in [0.717, 1.165) is 18.5 Å². The lowest BCUT2D eigenvalue weighted by Crippen LogP contribution is -2.32. The smallest absolute Gasteiger partial charge is 0.405 e. The molecule has 1 saturated heterocycles. The molecule has 3 heteroatoms. The monoisotopic (exact) mass is 260 g/mol. The van der Waals surface area contributed by atoms with E-state index < -0.39 is 0 Å². The lowest BCUT2D eigenvalue weighted by atomic mass is 9.79. The van der Waals surface area contributed by atoms with E-state index >= 15 is 0 Å². The van der Waals surface area contributed by atoms with Crippen molar-refractivity contribution >= 4 is 12.6 Å². The first-order valence-corrected chi connectivity index (χ1v) is 7.72. The van der Waals surface area contributed by atoms with Crippen molar-refractivity contribution in [2.45, 2.75) is 58.0 Å². The molecule has 0 radical (unpaired) electrons. The third-order valence-corrected chi connectivity index (χ3v) is 3.70. The molecule has 1 heterocycles. The van der Waals surface area contributed by atoms with Crippen LogP contribution >= 0.6 is 0 Å². The molecule has 0 amide bonds. The Hall–Kier alpha value is -0.795. The van der Waals surface area contributed by atoms with Crippen molar-refractivity contribution in [3.63, 3.8) is 0 Å². The molecule has 1 atom stereocenters. The molecule has 1 aromatic rings. The number of unbranched alkanes of at least 4 members (excludes halogenated alkanes) is 5. The van der Waals surface area contributed by atoms with E-state index in [4.69, 9.17) is 9.31 Å². The SMILES string of the molecule is CCCCCCCC[C@@H]1COB(c2ccccc2)O1. The van der Waals surface area contributed by atoms with Crippen molar-refractivity contribution in [1.82, 2.24) is 0 Å². The zero-order valence-corrected chi connectivity index (χ0v) is 12.0. The summed E-state index contributed by atoms with van der Waals surface area (Å²) in [5.74, 6) is 0. The highest BCUT2D eigenvalue weighted by Crippen LogP contribution is 2.16. The van der Waals surface area contributed by atoms with Crippen LogP contribution in [0.25, 0.3) is 0 Å². The Morgan fingerprint density at radius 1 is 1.05 bits per heavy atom. The van der Waals surface area contributed by atoms with Crippen LogP contribution in [0.1, 0.15) is 51.9 Å². The van der Waals surface area contributed by atoms with Crippen molar-refractivity contribution in [2.75, 3.05) is 6.61 Å². The zero-order chi connectivity index (χ0) is 13.3. The van der Waals surface area contributed by atoms with Crippen LogP contribution in [0, 0.1) is 0 Å². The zero-order valence-electron chi connectivity index (χ0n) is 12.0. The number of hydrogen-bond acceptors (Lipinski definition) is 2. The second-order valence-electron chi connectivity index (χ2n) is 5.39. The summed E-state index contributed by atoms with van der Waals surface area (Å²) in [6.07, 6.45) is 9.45. The van der Waals surface area contributed by atoms with Crippen LogP contribution < -0.4 is 5.46 Å². The molecule has 1 aliphatic rings. The molecule has 1 aliphatic heterocycles. The Balaban J connectivity index is 1.60. The molecular formula is C16H25BO2. The molecule has 0 unspecified atom stereocenters. The number of hydrogen-bond donors (Lipinski definition) is 0. The second-order valence-corrected chi connectivity index (χ2v) is 5.39. The molecule has 0 saturated carbocycles. The summed E-state index contributed by atoms with van der Waals surface area (Å²) < 4.78 is 11.7. The fraction of sp³-hybridized carbons (Fsp3) is 0.625. The average Bonchev–Trinajstić information content (AvgIpc) is 2.92. The van der Waals surface area contributed by atoms with Gasteiger partial charge < -0.3 is 9.31 Å². The van der Waals surface area contributed by atoms with Gasteiger partial charge in [0.25, 0.3) is 0 Å². The van der Waals surface area contributed by atoms with E-state index in [-0.39, 0.29) is 13.2 Å². The van der Waals surface area contributed by atoms with Crippen LogP contribution in [0.2, 0.25) is 0 Å². The van der Waals surface area contributed by atoms with Gasteiger partial charge in [0.05, 0.1) is 12.7 Å². The molecule has 0 spiro atoms. The number of benzene rings is 1. The summed E-state index contributed by atoms with van der Waals surface area (Å²) in [5, 5.41) is 0. The van der Waals surface area contributed by atoms with E-state index in [2.05, 4.69) is 19.1 Å². The van der Waals surface area contributed by atoms with Crippen LogP contribution in [-0.4, -0.2) is 19.8 Å². The van der Waals surface area contributed by atoms with Gasteiger partial charge in [-0.05, 0) is 11.9 Å². The van der Waals surface area contributed by atoms with E-state index in [1.54, 1.807) is 0 Å². The van der Waals surface area contributed by atoms with Crippen molar-refractivity contribution in [1.29, 1.82) is 0 Å². The van der Waals surface area contributed by atoms with Gasteiger partial charge in [0.15, 0.2) is 0 Å². The largest absolute Gasteiger partial charge is 0.494 e. The summed E-state index contributed by atoms with van der Waals surface area (Å²) in [4.78, 5) is 0. The van der Waals surface area contributed by atoms with Crippen molar-refractivity contribution in [2.24, 2.45) is 0 Å². The molecule has 2 nitrogen and oxygen atoms in total. The third kappa shape index (κ3) is 5.00. The minimum absolute atomic E-state index is 0.147. The predicted octanol–water partition coefficient (Wildman–Crippen LogP) is 3.55. The van der Waals surface area contributed by atoms with Crippen LogP contribution in [0.15, 0.2) is 30.3 Å². The average molecular weight is 260 g/mol. The van der Waals surface area contributed by atoms with Gasteiger partial charge >= 0.3 is 7.12 Å². The first-order chi connectivity index (χ1) is 9.40. The molecule has 0 aromatic heterocycles. The van der Waals surface area contributed by atoms with E-state index in [9.17, 15) is 0 Å². The van der Waals surface area contributed by atoms with Crippen LogP contribution in [0.3, 0.4) is 0 Å². The van der Waals surface area contributed by atoms with Gasteiger partial charge in [-0.25, -0.2) is 0 Å². The lowest BCUT2D eigenvalue weighted by Gasteiger charge is -2.09. The maximum absolute atomic E-state index is 5.95. The van der Waals surface area contributed by atoms with Gasteiger partial charge in [-0.2, -0.15) is 0 Å². The predicted molar refractivity (Wildman–Crippen MR) is 80.6 cm³/mol. The Kier molecular flexibility index (Phi) is 6.45. The maximum Gasteiger partial charge on any atom is 0.494 e. The summed E-state index contributed by atoms with van der Waals surface area (Å²) >= 11 is 0. The van der Waals surface area contributed by atoms with Crippen molar-refractivity contribution in [3.05, 3.63) is 30.3 Å². The topological polar surface area (TPSA) is 18.5 Å². The fourth-order valence-corrected chi connectivity index (χ4v) is 2.54. The molecule has 2 rings (SSSR count). The van der Waals surface area contributed by atoms with Crippen LogP contribution in [-0.2, 0) is 9.31 Å². The molecule has 0 aliphatic carbocycles. The van der Waals surface area contributed by atoms with E-state index in [1.165, 1.54) is 38.5 Å². The van der Waals surface area contributed by atoms with Crippen molar-refractivity contribution < 1.29 is 9.31 Å². The lowest BCUT2D eigenvalue weighted by molar-refractivity contribution is 0.217. The van der Waals surface area contributed by atoms with E-state index in [0.29, 0.717) is 0 Å². The highest BCUT2D eigenvalue weighted by Gasteiger charge is 2.32. The molecule has 0 N–H and O–H groups in total. The van der Waals surface area contributed by atoms with Gasteiger partial charge in [-0.1, -0.05) is 75.8 Å². The van der Waals surface area contributed by atoms with Crippen LogP contribution in [0.5, 0.6) is 0 Å². The highest BCUT2D eigenvalue weighted by molar-refractivity contribution is 6.61. The molecule has 19 heavy (non-hydrogen) atoms. The maximum atomic E-state index is 5.95. The summed E-state index contributed by atoms with van der Waals surface area (Å²) in [7, 11) is -0.147. The van der Waals surface area contributed by atoms with Crippen LogP contribution in [0.4, 0.5) is 0 Å². The third-order valence-electron chi connectivity index (χ3n) is 3.70. The van der Waals surface area contributed by atoms with Gasteiger partial charge in [-0.15, -0.1) is 0 Å². The Labute approximate surface area is 117 Å². The Bertz CT molecular complexity index is 342. The van der Waals surface area contributed by atoms with Gasteiger partial charge in [0.1, 0.15) is 0 Å². The van der Waals surface area contributed by atoms with Gasteiger partial charge in [0.2, 0.25) is 0 Å². The quantitative estimate of drug-likeness (QED) is 0.525. The van der Waals surface area contributed by atoms with Gasteiger partial charge in [0, 0.05) is 0 Å². The Morgan fingerprint density at radius 3 is 2.58 bits per heavy atom. The second kappa shape index (κ2) is 8.39. The van der Waals surface area contributed by atoms with Gasteiger partial charge in [-0.3, -0.25) is 0 Å². The number of rotatable bonds is 8. The highest BCUT2D eigenvalue weighted by atomic mass is 16.6. The first-order valence-electron chi connectivity index (χ1n) is 7.72. The summed E-state index contributed by atoms with van der Waals surface area (Å²) in [5.41, 5.74) is 1.13.